The summed E-state index contributed by atoms with van der Waals surface area (Å²) in [6.07, 6.45) is 0.927. The first kappa shape index (κ1) is 12.4. The van der Waals surface area contributed by atoms with Gasteiger partial charge in [-0.15, -0.1) is 0 Å². The lowest BCUT2D eigenvalue weighted by atomic mass is 10.1. The van der Waals surface area contributed by atoms with Crippen LogP contribution in [0.4, 0.5) is 0 Å². The Hall–Kier alpha value is -1.65. The van der Waals surface area contributed by atoms with E-state index >= 15 is 0 Å². The molecule has 0 amide bonds. The van der Waals surface area contributed by atoms with Gasteiger partial charge in [-0.1, -0.05) is 35.5 Å². The molecule has 0 aliphatic carbocycles. The zero-order valence-corrected chi connectivity index (χ0v) is 10.9. The van der Waals surface area contributed by atoms with Gasteiger partial charge in [0.15, 0.2) is 5.76 Å². The van der Waals surface area contributed by atoms with Crippen LogP contribution in [0.5, 0.6) is 0 Å². The van der Waals surface area contributed by atoms with Gasteiger partial charge in [0.1, 0.15) is 0 Å². The van der Waals surface area contributed by atoms with E-state index in [2.05, 4.69) is 10.1 Å². The van der Waals surface area contributed by atoms with Crippen molar-refractivity contribution in [2.24, 2.45) is 0 Å². The third kappa shape index (κ3) is 3.22. The summed E-state index contributed by atoms with van der Waals surface area (Å²) in [5, 5.41) is 4.14. The van der Waals surface area contributed by atoms with Crippen molar-refractivity contribution in [1.82, 2.24) is 10.1 Å². The first-order valence-electron chi connectivity index (χ1n) is 6.73. The number of ether oxygens (including phenoxy) is 1. The fourth-order valence-corrected chi connectivity index (χ4v) is 2.27. The molecule has 2 aromatic rings. The Balaban J connectivity index is 1.59. The smallest absolute Gasteiger partial charge is 0.167 e. The van der Waals surface area contributed by atoms with E-state index in [1.165, 1.54) is 0 Å². The lowest BCUT2D eigenvalue weighted by Gasteiger charge is -2.25. The molecule has 1 fully saturated rings. The van der Waals surface area contributed by atoms with Crippen molar-refractivity contribution in [1.29, 1.82) is 0 Å². The Morgan fingerprint density at radius 3 is 2.68 bits per heavy atom. The highest BCUT2D eigenvalue weighted by Crippen LogP contribution is 2.19. The van der Waals surface area contributed by atoms with Gasteiger partial charge in [0.2, 0.25) is 0 Å². The number of benzene rings is 1. The second kappa shape index (κ2) is 5.99. The maximum absolute atomic E-state index is 5.40. The minimum absolute atomic E-state index is 0.841. The quantitative estimate of drug-likeness (QED) is 0.843. The van der Waals surface area contributed by atoms with Crippen LogP contribution in [0.2, 0.25) is 0 Å². The summed E-state index contributed by atoms with van der Waals surface area (Å²) in [5.41, 5.74) is 2.10. The monoisotopic (exact) mass is 258 g/mol. The third-order valence-corrected chi connectivity index (χ3v) is 3.41. The Bertz CT molecular complexity index is 504. The first-order valence-corrected chi connectivity index (χ1v) is 6.73. The van der Waals surface area contributed by atoms with Crippen molar-refractivity contribution in [3.05, 3.63) is 42.1 Å². The molecule has 0 N–H and O–H groups in total. The van der Waals surface area contributed by atoms with Gasteiger partial charge in [-0.2, -0.15) is 0 Å². The van der Waals surface area contributed by atoms with Crippen LogP contribution in [-0.2, 0) is 11.2 Å². The fourth-order valence-electron chi connectivity index (χ4n) is 2.27. The van der Waals surface area contributed by atoms with Crippen molar-refractivity contribution in [3.63, 3.8) is 0 Å². The second-order valence-corrected chi connectivity index (χ2v) is 4.75. The van der Waals surface area contributed by atoms with Crippen molar-refractivity contribution in [2.75, 3.05) is 32.8 Å². The molecule has 1 saturated heterocycles. The van der Waals surface area contributed by atoms with Gasteiger partial charge in [0, 0.05) is 37.7 Å². The van der Waals surface area contributed by atoms with E-state index in [1.54, 1.807) is 0 Å². The van der Waals surface area contributed by atoms with Crippen LogP contribution in [-0.4, -0.2) is 42.9 Å². The summed E-state index contributed by atoms with van der Waals surface area (Å²) < 4.78 is 10.7. The molecule has 0 atom stereocenters. The second-order valence-electron chi connectivity index (χ2n) is 4.75. The molecule has 4 heteroatoms. The topological polar surface area (TPSA) is 38.5 Å². The molecule has 1 aromatic carbocycles. The Kier molecular flexibility index (Phi) is 3.91. The molecule has 0 bridgehead atoms. The maximum Gasteiger partial charge on any atom is 0.167 e. The highest BCUT2D eigenvalue weighted by Gasteiger charge is 2.12. The minimum atomic E-state index is 0.841. The summed E-state index contributed by atoms with van der Waals surface area (Å²) in [7, 11) is 0. The fraction of sp³-hybridized carbons (Fsp3) is 0.400. The van der Waals surface area contributed by atoms with Crippen LogP contribution in [0, 0.1) is 0 Å². The van der Waals surface area contributed by atoms with Crippen molar-refractivity contribution < 1.29 is 9.26 Å². The van der Waals surface area contributed by atoms with E-state index in [0.29, 0.717) is 0 Å². The minimum Gasteiger partial charge on any atom is -0.379 e. The van der Waals surface area contributed by atoms with Crippen molar-refractivity contribution >= 4 is 0 Å². The molecule has 1 aromatic heterocycles. The van der Waals surface area contributed by atoms with Crippen LogP contribution in [0.3, 0.4) is 0 Å². The molecule has 19 heavy (non-hydrogen) atoms. The van der Waals surface area contributed by atoms with Crippen LogP contribution in [0.1, 0.15) is 5.69 Å². The molecule has 1 aliphatic heterocycles. The normalized spacial score (nSPS) is 16.6. The molecule has 0 saturated carbocycles. The number of rotatable bonds is 4. The number of hydrogen-bond donors (Lipinski definition) is 0. The lowest BCUT2D eigenvalue weighted by Crippen LogP contribution is -2.37. The molecule has 0 unspecified atom stereocenters. The van der Waals surface area contributed by atoms with Crippen molar-refractivity contribution in [2.45, 2.75) is 6.42 Å². The first-order chi connectivity index (χ1) is 9.42. The molecular formula is C15H18N2O2. The average Bonchev–Trinajstić information content (AvgIpc) is 2.96. The summed E-state index contributed by atoms with van der Waals surface area (Å²) in [6.45, 7) is 4.74. The zero-order valence-electron chi connectivity index (χ0n) is 10.9. The molecule has 100 valence electrons. The molecule has 1 aliphatic rings. The van der Waals surface area contributed by atoms with Gasteiger partial charge < -0.3 is 9.26 Å². The Morgan fingerprint density at radius 2 is 1.89 bits per heavy atom. The van der Waals surface area contributed by atoms with Crippen LogP contribution < -0.4 is 0 Å². The highest BCUT2D eigenvalue weighted by atomic mass is 16.5. The van der Waals surface area contributed by atoms with Gasteiger partial charge in [0.25, 0.3) is 0 Å². The van der Waals surface area contributed by atoms with Gasteiger partial charge in [-0.25, -0.2) is 0 Å². The Labute approximate surface area is 113 Å². The van der Waals surface area contributed by atoms with E-state index in [9.17, 15) is 0 Å². The summed E-state index contributed by atoms with van der Waals surface area (Å²) in [4.78, 5) is 2.40. The predicted octanol–water partition coefficient (Wildman–Crippen LogP) is 2.22. The van der Waals surface area contributed by atoms with E-state index in [1.807, 2.05) is 36.4 Å². The van der Waals surface area contributed by atoms with Crippen LogP contribution >= 0.6 is 0 Å². The lowest BCUT2D eigenvalue weighted by molar-refractivity contribution is 0.0382. The number of nitrogens with zero attached hydrogens (tertiary/aromatic N) is 2. The number of aromatic nitrogens is 1. The molecular weight excluding hydrogens is 240 g/mol. The third-order valence-electron chi connectivity index (χ3n) is 3.41. The van der Waals surface area contributed by atoms with E-state index in [4.69, 9.17) is 9.26 Å². The van der Waals surface area contributed by atoms with Gasteiger partial charge >= 0.3 is 0 Å². The van der Waals surface area contributed by atoms with Gasteiger partial charge in [-0.05, 0) is 0 Å². The SMILES string of the molecule is c1ccc(-c2cc(CCN3CCOCC3)no2)cc1. The largest absolute Gasteiger partial charge is 0.379 e. The molecule has 2 heterocycles. The Morgan fingerprint density at radius 1 is 1.11 bits per heavy atom. The molecule has 3 rings (SSSR count). The van der Waals surface area contributed by atoms with E-state index in [0.717, 1.165) is 56.3 Å². The van der Waals surface area contributed by atoms with E-state index < -0.39 is 0 Å². The average molecular weight is 258 g/mol. The van der Waals surface area contributed by atoms with Crippen LogP contribution in [0.15, 0.2) is 40.9 Å². The zero-order chi connectivity index (χ0) is 12.9. The number of hydrogen-bond acceptors (Lipinski definition) is 4. The van der Waals surface area contributed by atoms with Gasteiger partial charge in [-0.3, -0.25) is 4.90 Å². The summed E-state index contributed by atoms with van der Waals surface area (Å²) in [6, 6.07) is 12.1. The maximum atomic E-state index is 5.40. The number of morpholine rings is 1. The summed E-state index contributed by atoms with van der Waals surface area (Å²) >= 11 is 0. The highest BCUT2D eigenvalue weighted by molar-refractivity contribution is 5.56. The molecule has 0 radical (unpaired) electrons. The molecule has 0 spiro atoms. The standard InChI is InChI=1S/C15H18N2O2/c1-2-4-13(5-3-1)15-12-14(16-19-15)6-7-17-8-10-18-11-9-17/h1-5,12H,6-11H2. The summed E-state index contributed by atoms with van der Waals surface area (Å²) in [5.74, 6) is 0.845. The van der Waals surface area contributed by atoms with Crippen molar-refractivity contribution in [3.8, 4) is 11.3 Å². The van der Waals surface area contributed by atoms with Crippen LogP contribution in [0.25, 0.3) is 11.3 Å². The molecule has 4 nitrogen and oxygen atoms in total. The predicted molar refractivity (Wildman–Crippen MR) is 72.9 cm³/mol. The van der Waals surface area contributed by atoms with E-state index in [-0.39, 0.29) is 0 Å². The van der Waals surface area contributed by atoms with Gasteiger partial charge in [0.05, 0.1) is 18.9 Å².